The maximum absolute atomic E-state index is 12.3. The number of likely N-dealkylation sites (N-methyl/N-ethyl adjacent to an activating group) is 2. The van der Waals surface area contributed by atoms with Crippen LogP contribution in [0.2, 0.25) is 0 Å². The van der Waals surface area contributed by atoms with Crippen LogP contribution in [-0.4, -0.2) is 75.7 Å². The highest BCUT2D eigenvalue weighted by molar-refractivity contribution is 14.0. The molecule has 0 aliphatic heterocycles. The summed E-state index contributed by atoms with van der Waals surface area (Å²) in [7, 11) is 5.19. The molecule has 0 saturated carbocycles. The molecular formula is C20H35IN4O3. The summed E-state index contributed by atoms with van der Waals surface area (Å²) < 4.78 is 10.7. The van der Waals surface area contributed by atoms with Gasteiger partial charge in [0.05, 0.1) is 20.8 Å². The van der Waals surface area contributed by atoms with Crippen molar-refractivity contribution in [3.05, 3.63) is 23.8 Å². The fourth-order valence-electron chi connectivity index (χ4n) is 2.78. The number of hydrogen-bond acceptors (Lipinski definition) is 4. The largest absolute Gasteiger partial charge is 0.497 e. The summed E-state index contributed by atoms with van der Waals surface area (Å²) in [5.41, 5.74) is 1.04. The van der Waals surface area contributed by atoms with Crippen LogP contribution in [0.3, 0.4) is 0 Å². The van der Waals surface area contributed by atoms with Gasteiger partial charge in [0.25, 0.3) is 0 Å². The zero-order chi connectivity index (χ0) is 20.2. The molecule has 0 bridgehead atoms. The maximum atomic E-state index is 12.3. The van der Waals surface area contributed by atoms with E-state index in [0.29, 0.717) is 32.6 Å². The van der Waals surface area contributed by atoms with Crippen molar-refractivity contribution in [2.24, 2.45) is 4.99 Å². The zero-order valence-electron chi connectivity index (χ0n) is 17.9. The Labute approximate surface area is 186 Å². The Bertz CT molecular complexity index is 621. The van der Waals surface area contributed by atoms with Crippen molar-refractivity contribution in [1.82, 2.24) is 15.1 Å². The molecule has 1 aromatic carbocycles. The molecule has 1 amide bonds. The van der Waals surface area contributed by atoms with Crippen molar-refractivity contribution >= 4 is 35.8 Å². The van der Waals surface area contributed by atoms with E-state index in [0.717, 1.165) is 29.6 Å². The fourth-order valence-corrected chi connectivity index (χ4v) is 2.78. The Morgan fingerprint density at radius 1 is 1.14 bits per heavy atom. The first-order valence-corrected chi connectivity index (χ1v) is 9.48. The number of methoxy groups -OCH3 is 2. The highest BCUT2D eigenvalue weighted by Gasteiger charge is 2.15. The Hall–Kier alpha value is -1.71. The van der Waals surface area contributed by atoms with Crippen LogP contribution in [0.25, 0.3) is 0 Å². The van der Waals surface area contributed by atoms with Gasteiger partial charge in [-0.25, -0.2) is 0 Å². The average Bonchev–Trinajstić information content (AvgIpc) is 2.67. The van der Waals surface area contributed by atoms with E-state index >= 15 is 0 Å². The normalized spacial score (nSPS) is 10.7. The van der Waals surface area contributed by atoms with Crippen LogP contribution >= 0.6 is 24.0 Å². The second kappa shape index (κ2) is 14.3. The number of hydrogen-bond donors (Lipinski definition) is 1. The lowest BCUT2D eigenvalue weighted by Gasteiger charge is -2.25. The average molecular weight is 506 g/mol. The number of nitrogens with one attached hydrogen (secondary N) is 1. The lowest BCUT2D eigenvalue weighted by Crippen LogP contribution is -2.45. The number of carbonyl (C=O) groups excluding carboxylic acids is 1. The predicted octanol–water partition coefficient (Wildman–Crippen LogP) is 2.63. The minimum Gasteiger partial charge on any atom is -0.497 e. The van der Waals surface area contributed by atoms with Gasteiger partial charge in [-0.2, -0.15) is 0 Å². The van der Waals surface area contributed by atoms with Crippen molar-refractivity contribution in [3.8, 4) is 11.5 Å². The molecule has 8 heteroatoms. The van der Waals surface area contributed by atoms with Gasteiger partial charge in [0, 0.05) is 33.2 Å². The van der Waals surface area contributed by atoms with E-state index in [-0.39, 0.29) is 29.9 Å². The first-order valence-electron chi connectivity index (χ1n) is 9.48. The quantitative estimate of drug-likeness (QED) is 0.300. The minimum absolute atomic E-state index is 0. The van der Waals surface area contributed by atoms with Crippen LogP contribution in [0, 0.1) is 0 Å². The molecular weight excluding hydrogens is 471 g/mol. The lowest BCUT2D eigenvalue weighted by atomic mass is 10.1. The number of guanidine groups is 1. The number of carbonyl (C=O) groups is 1. The van der Waals surface area contributed by atoms with Gasteiger partial charge in [-0.1, -0.05) is 0 Å². The molecule has 1 N–H and O–H groups in total. The maximum Gasteiger partial charge on any atom is 0.242 e. The van der Waals surface area contributed by atoms with E-state index in [1.807, 2.05) is 55.8 Å². The molecule has 0 spiro atoms. The fraction of sp³-hybridized carbons (Fsp3) is 0.600. The molecule has 0 heterocycles. The summed E-state index contributed by atoms with van der Waals surface area (Å²) in [5.74, 6) is 2.44. The minimum atomic E-state index is 0. The van der Waals surface area contributed by atoms with Crippen LogP contribution in [0.5, 0.6) is 11.5 Å². The predicted molar refractivity (Wildman–Crippen MR) is 125 cm³/mol. The third kappa shape index (κ3) is 8.12. The summed E-state index contributed by atoms with van der Waals surface area (Å²) in [5, 5.41) is 3.25. The van der Waals surface area contributed by atoms with Crippen LogP contribution in [0.1, 0.15) is 26.3 Å². The molecule has 7 nitrogen and oxygen atoms in total. The summed E-state index contributed by atoms with van der Waals surface area (Å²) in [6.07, 6.45) is 0.715. The molecule has 28 heavy (non-hydrogen) atoms. The molecule has 1 rings (SSSR count). The third-order valence-electron chi connectivity index (χ3n) is 4.32. The van der Waals surface area contributed by atoms with E-state index in [4.69, 9.17) is 9.47 Å². The van der Waals surface area contributed by atoms with Crippen molar-refractivity contribution in [2.75, 3.05) is 54.0 Å². The molecule has 0 radical (unpaired) electrons. The zero-order valence-corrected chi connectivity index (χ0v) is 20.3. The SMILES string of the molecule is CCNC(=NCCc1cc(OC)ccc1OC)N(C)CC(=O)N(CC)CC.I. The van der Waals surface area contributed by atoms with Crippen LogP contribution < -0.4 is 14.8 Å². The molecule has 0 aliphatic rings. The first kappa shape index (κ1) is 26.3. The number of benzene rings is 1. The van der Waals surface area contributed by atoms with Gasteiger partial charge in [0.2, 0.25) is 5.91 Å². The molecule has 0 saturated heterocycles. The third-order valence-corrected chi connectivity index (χ3v) is 4.32. The van der Waals surface area contributed by atoms with Gasteiger partial charge in [-0.3, -0.25) is 9.79 Å². The number of ether oxygens (including phenoxy) is 2. The number of halogens is 1. The second-order valence-electron chi connectivity index (χ2n) is 6.09. The van der Waals surface area contributed by atoms with Gasteiger partial charge in [-0.05, 0) is 51.0 Å². The van der Waals surface area contributed by atoms with E-state index < -0.39 is 0 Å². The van der Waals surface area contributed by atoms with Crippen LogP contribution in [0.4, 0.5) is 0 Å². The van der Waals surface area contributed by atoms with Gasteiger partial charge < -0.3 is 24.6 Å². The molecule has 0 unspecified atom stereocenters. The Morgan fingerprint density at radius 2 is 1.82 bits per heavy atom. The van der Waals surface area contributed by atoms with E-state index in [9.17, 15) is 4.79 Å². The van der Waals surface area contributed by atoms with Crippen LogP contribution in [0.15, 0.2) is 23.2 Å². The standard InChI is InChI=1S/C20H34N4O3.HI/c1-7-21-20(23(4)15-19(25)24(8-2)9-3)22-13-12-16-14-17(26-5)10-11-18(16)27-6;/h10-11,14H,7-9,12-13,15H2,1-6H3,(H,21,22);1H. The summed E-state index contributed by atoms with van der Waals surface area (Å²) in [4.78, 5) is 20.7. The van der Waals surface area contributed by atoms with Crippen molar-refractivity contribution in [2.45, 2.75) is 27.2 Å². The van der Waals surface area contributed by atoms with Crippen LogP contribution in [-0.2, 0) is 11.2 Å². The first-order chi connectivity index (χ1) is 13.0. The van der Waals surface area contributed by atoms with Gasteiger partial charge in [0.15, 0.2) is 5.96 Å². The molecule has 0 fully saturated rings. The Kier molecular flexibility index (Phi) is 13.4. The highest BCUT2D eigenvalue weighted by Crippen LogP contribution is 2.24. The molecule has 1 aromatic rings. The smallest absolute Gasteiger partial charge is 0.242 e. The summed E-state index contributed by atoms with van der Waals surface area (Å²) in [6.45, 7) is 9.04. The second-order valence-corrected chi connectivity index (χ2v) is 6.09. The summed E-state index contributed by atoms with van der Waals surface area (Å²) >= 11 is 0. The van der Waals surface area contributed by atoms with Gasteiger partial charge in [-0.15, -0.1) is 24.0 Å². The lowest BCUT2D eigenvalue weighted by molar-refractivity contribution is -0.131. The van der Waals surface area contributed by atoms with Crippen molar-refractivity contribution in [1.29, 1.82) is 0 Å². The van der Waals surface area contributed by atoms with E-state index in [1.165, 1.54) is 0 Å². The topological polar surface area (TPSA) is 66.4 Å². The molecule has 160 valence electrons. The van der Waals surface area contributed by atoms with Crippen molar-refractivity contribution < 1.29 is 14.3 Å². The number of rotatable bonds is 10. The van der Waals surface area contributed by atoms with E-state index in [2.05, 4.69) is 10.3 Å². The highest BCUT2D eigenvalue weighted by atomic mass is 127. The monoisotopic (exact) mass is 506 g/mol. The number of nitrogens with zero attached hydrogens (tertiary/aromatic N) is 3. The Morgan fingerprint density at radius 3 is 2.36 bits per heavy atom. The summed E-state index contributed by atoms with van der Waals surface area (Å²) in [6, 6.07) is 5.75. The number of amides is 1. The number of aliphatic imine (C=N–C) groups is 1. The van der Waals surface area contributed by atoms with Crippen molar-refractivity contribution in [3.63, 3.8) is 0 Å². The molecule has 0 aliphatic carbocycles. The van der Waals surface area contributed by atoms with Gasteiger partial charge in [0.1, 0.15) is 11.5 Å². The van der Waals surface area contributed by atoms with Gasteiger partial charge >= 0.3 is 0 Å². The van der Waals surface area contributed by atoms with E-state index in [1.54, 1.807) is 14.2 Å². The molecule has 0 atom stereocenters. The Balaban J connectivity index is 0.00000729. The molecule has 0 aromatic heterocycles.